The third kappa shape index (κ3) is 5.24. The zero-order chi connectivity index (χ0) is 17.7. The molecule has 2 rings (SSSR count). The molecule has 0 saturated carbocycles. The second-order valence-electron chi connectivity index (χ2n) is 6.35. The van der Waals surface area contributed by atoms with Gasteiger partial charge in [0.2, 0.25) is 0 Å². The number of ether oxygens (including phenoxy) is 1. The highest BCUT2D eigenvalue weighted by Crippen LogP contribution is 2.19. The molecule has 0 heterocycles. The maximum atomic E-state index is 5.64. The normalized spacial score (nSPS) is 11.9. The molecule has 2 N–H and O–H groups in total. The number of anilines is 1. The summed E-state index contributed by atoms with van der Waals surface area (Å²) in [4.78, 5) is 0. The first-order valence-electron chi connectivity index (χ1n) is 8.26. The van der Waals surface area contributed by atoms with Gasteiger partial charge in [-0.25, -0.2) is 0 Å². The van der Waals surface area contributed by atoms with Crippen LogP contribution in [-0.4, -0.2) is 11.2 Å². The molecule has 0 radical (unpaired) electrons. The fourth-order valence-electron chi connectivity index (χ4n) is 2.37. The number of aryl methyl sites for hydroxylation is 2. The molecule has 3 nitrogen and oxygen atoms in total. The Morgan fingerprint density at radius 2 is 1.62 bits per heavy atom. The van der Waals surface area contributed by atoms with Crippen molar-refractivity contribution in [3.8, 4) is 5.75 Å². The van der Waals surface area contributed by atoms with Crippen molar-refractivity contribution >= 4 is 23.0 Å². The van der Waals surface area contributed by atoms with Crippen LogP contribution in [0.3, 0.4) is 0 Å². The van der Waals surface area contributed by atoms with Gasteiger partial charge in [-0.3, -0.25) is 0 Å². The summed E-state index contributed by atoms with van der Waals surface area (Å²) < 4.78 is 5.64. The van der Waals surface area contributed by atoms with Gasteiger partial charge in [-0.1, -0.05) is 18.2 Å². The van der Waals surface area contributed by atoms with Gasteiger partial charge in [0.1, 0.15) is 5.75 Å². The van der Waals surface area contributed by atoms with Crippen LogP contribution in [0.5, 0.6) is 5.75 Å². The van der Waals surface area contributed by atoms with Crippen LogP contribution < -0.4 is 15.4 Å². The van der Waals surface area contributed by atoms with Gasteiger partial charge in [0.25, 0.3) is 0 Å². The van der Waals surface area contributed by atoms with E-state index in [0.29, 0.717) is 5.11 Å². The summed E-state index contributed by atoms with van der Waals surface area (Å²) in [5, 5.41) is 7.15. The van der Waals surface area contributed by atoms with E-state index in [2.05, 4.69) is 49.6 Å². The van der Waals surface area contributed by atoms with Gasteiger partial charge in [-0.2, -0.15) is 0 Å². The summed E-state index contributed by atoms with van der Waals surface area (Å²) in [6, 6.07) is 14.4. The van der Waals surface area contributed by atoms with Gasteiger partial charge in [0, 0.05) is 5.69 Å². The van der Waals surface area contributed by atoms with Gasteiger partial charge in [0.15, 0.2) is 5.11 Å². The first-order valence-corrected chi connectivity index (χ1v) is 8.67. The summed E-state index contributed by atoms with van der Waals surface area (Å²) in [6.07, 6.45) is 0.172. The zero-order valence-electron chi connectivity index (χ0n) is 15.0. The maximum Gasteiger partial charge on any atom is 0.171 e. The Hall–Kier alpha value is -2.07. The summed E-state index contributed by atoms with van der Waals surface area (Å²) in [5.74, 6) is 0.859. The van der Waals surface area contributed by atoms with Gasteiger partial charge in [-0.05, 0) is 87.8 Å². The molecule has 2 aromatic rings. The predicted molar refractivity (Wildman–Crippen MR) is 106 cm³/mol. The van der Waals surface area contributed by atoms with E-state index in [4.69, 9.17) is 17.0 Å². The Morgan fingerprint density at radius 1 is 0.958 bits per heavy atom. The van der Waals surface area contributed by atoms with E-state index in [1.165, 1.54) is 16.7 Å². The van der Waals surface area contributed by atoms with Gasteiger partial charge < -0.3 is 15.4 Å². The van der Waals surface area contributed by atoms with Crippen LogP contribution in [0, 0.1) is 13.8 Å². The molecule has 1 atom stereocenters. The Kier molecular flexibility index (Phi) is 6.21. The molecule has 0 aliphatic rings. The number of hydrogen-bond donors (Lipinski definition) is 2. The van der Waals surface area contributed by atoms with E-state index < -0.39 is 0 Å². The second kappa shape index (κ2) is 8.15. The first kappa shape index (κ1) is 18.3. The average molecular weight is 343 g/mol. The van der Waals surface area contributed by atoms with Crippen molar-refractivity contribution < 1.29 is 4.74 Å². The molecule has 128 valence electrons. The molecule has 0 fully saturated rings. The molecule has 0 aliphatic carbocycles. The van der Waals surface area contributed by atoms with Crippen LogP contribution in [0.1, 0.15) is 43.5 Å². The number of hydrogen-bond acceptors (Lipinski definition) is 2. The van der Waals surface area contributed by atoms with Crippen molar-refractivity contribution in [1.29, 1.82) is 0 Å². The molecule has 2 aromatic carbocycles. The number of benzene rings is 2. The van der Waals surface area contributed by atoms with E-state index in [-0.39, 0.29) is 12.1 Å². The minimum absolute atomic E-state index is 0.146. The molecule has 0 bridgehead atoms. The standard InChI is InChI=1S/C20H26N2OS/c1-13(2)23-19-10-8-18(9-11-19)22-20(24)21-16(5)17-7-6-14(3)15(4)12-17/h6-13,16H,1-5H3,(H2,21,22,24)/t16-/m0/s1. The monoisotopic (exact) mass is 342 g/mol. The lowest BCUT2D eigenvalue weighted by atomic mass is 10.0. The fraction of sp³-hybridized carbons (Fsp3) is 0.350. The summed E-state index contributed by atoms with van der Waals surface area (Å²) in [6.45, 7) is 10.4. The van der Waals surface area contributed by atoms with Crippen LogP contribution in [0.15, 0.2) is 42.5 Å². The smallest absolute Gasteiger partial charge is 0.171 e. The molecular formula is C20H26N2OS. The third-order valence-electron chi connectivity index (χ3n) is 3.86. The third-order valence-corrected chi connectivity index (χ3v) is 4.08. The number of nitrogens with one attached hydrogen (secondary N) is 2. The topological polar surface area (TPSA) is 33.3 Å². The minimum atomic E-state index is 0.146. The Labute approximate surface area is 150 Å². The van der Waals surface area contributed by atoms with Gasteiger partial charge in [0.05, 0.1) is 12.1 Å². The molecular weight excluding hydrogens is 316 g/mol. The number of rotatable bonds is 5. The minimum Gasteiger partial charge on any atom is -0.491 e. The highest BCUT2D eigenvalue weighted by atomic mass is 32.1. The molecule has 0 aromatic heterocycles. The quantitative estimate of drug-likeness (QED) is 0.737. The molecule has 0 spiro atoms. The number of thiocarbonyl (C=S) groups is 1. The van der Waals surface area contributed by atoms with Crippen molar-refractivity contribution in [1.82, 2.24) is 5.32 Å². The lowest BCUT2D eigenvalue weighted by Crippen LogP contribution is -2.30. The van der Waals surface area contributed by atoms with E-state index in [0.717, 1.165) is 11.4 Å². The van der Waals surface area contributed by atoms with Crippen molar-refractivity contribution in [3.05, 3.63) is 59.2 Å². The van der Waals surface area contributed by atoms with Gasteiger partial charge in [-0.15, -0.1) is 0 Å². The molecule has 4 heteroatoms. The maximum absolute atomic E-state index is 5.64. The molecule has 0 aliphatic heterocycles. The van der Waals surface area contributed by atoms with Crippen LogP contribution in [0.4, 0.5) is 5.69 Å². The van der Waals surface area contributed by atoms with Crippen molar-refractivity contribution in [2.45, 2.75) is 46.8 Å². The van der Waals surface area contributed by atoms with Crippen molar-refractivity contribution in [3.63, 3.8) is 0 Å². The largest absolute Gasteiger partial charge is 0.491 e. The highest BCUT2D eigenvalue weighted by Gasteiger charge is 2.08. The SMILES string of the molecule is Cc1ccc([C@H](C)NC(=S)Nc2ccc(OC(C)C)cc2)cc1C. The Bertz CT molecular complexity index is 695. The van der Waals surface area contributed by atoms with E-state index in [9.17, 15) is 0 Å². The average Bonchev–Trinajstić information content (AvgIpc) is 2.51. The highest BCUT2D eigenvalue weighted by molar-refractivity contribution is 7.80. The van der Waals surface area contributed by atoms with E-state index in [1.807, 2.05) is 38.1 Å². The van der Waals surface area contributed by atoms with E-state index >= 15 is 0 Å². The molecule has 24 heavy (non-hydrogen) atoms. The van der Waals surface area contributed by atoms with Gasteiger partial charge >= 0.3 is 0 Å². The summed E-state index contributed by atoms with van der Waals surface area (Å²) in [7, 11) is 0. The second-order valence-corrected chi connectivity index (χ2v) is 6.76. The molecule has 0 saturated heterocycles. The van der Waals surface area contributed by atoms with Crippen LogP contribution in [0.25, 0.3) is 0 Å². The summed E-state index contributed by atoms with van der Waals surface area (Å²) in [5.41, 5.74) is 4.76. The molecule has 0 unspecified atom stereocenters. The Morgan fingerprint density at radius 3 is 2.21 bits per heavy atom. The van der Waals surface area contributed by atoms with Crippen LogP contribution in [-0.2, 0) is 0 Å². The first-order chi connectivity index (χ1) is 11.3. The van der Waals surface area contributed by atoms with Crippen molar-refractivity contribution in [2.75, 3.05) is 5.32 Å². The zero-order valence-corrected chi connectivity index (χ0v) is 15.8. The molecule has 0 amide bonds. The van der Waals surface area contributed by atoms with Crippen LogP contribution >= 0.6 is 12.2 Å². The predicted octanol–water partition coefficient (Wildman–Crippen LogP) is 5.14. The van der Waals surface area contributed by atoms with Crippen LogP contribution in [0.2, 0.25) is 0 Å². The summed E-state index contributed by atoms with van der Waals surface area (Å²) >= 11 is 5.42. The fourth-order valence-corrected chi connectivity index (χ4v) is 2.66. The lowest BCUT2D eigenvalue weighted by Gasteiger charge is -2.18. The Balaban J connectivity index is 1.93. The lowest BCUT2D eigenvalue weighted by molar-refractivity contribution is 0.242. The van der Waals surface area contributed by atoms with E-state index in [1.54, 1.807) is 0 Å². The van der Waals surface area contributed by atoms with Crippen molar-refractivity contribution in [2.24, 2.45) is 0 Å².